The molecule has 1 N–H and O–H groups in total. The molecule has 0 aliphatic carbocycles. The summed E-state index contributed by atoms with van der Waals surface area (Å²) in [5.74, 6) is 0.689. The van der Waals surface area contributed by atoms with Gasteiger partial charge in [0.05, 0.1) is 12.0 Å². The molecule has 0 fully saturated rings. The van der Waals surface area contributed by atoms with Gasteiger partial charge in [-0.1, -0.05) is 23.8 Å². The maximum absolute atomic E-state index is 12.8. The van der Waals surface area contributed by atoms with Gasteiger partial charge in [0.2, 0.25) is 10.0 Å². The van der Waals surface area contributed by atoms with E-state index < -0.39 is 10.0 Å². The Labute approximate surface area is 144 Å². The van der Waals surface area contributed by atoms with Crippen LogP contribution in [0.5, 0.6) is 5.75 Å². The highest BCUT2D eigenvalue weighted by atomic mass is 32.2. The van der Waals surface area contributed by atoms with Crippen molar-refractivity contribution in [3.63, 3.8) is 0 Å². The highest BCUT2D eigenvalue weighted by Crippen LogP contribution is 2.28. The minimum absolute atomic E-state index is 0.290. The molecule has 0 heterocycles. The van der Waals surface area contributed by atoms with Crippen LogP contribution in [0.3, 0.4) is 0 Å². The number of rotatable bonds is 5. The van der Waals surface area contributed by atoms with Crippen LogP contribution in [0.4, 0.5) is 0 Å². The van der Waals surface area contributed by atoms with Crippen LogP contribution >= 0.6 is 0 Å². The van der Waals surface area contributed by atoms with Crippen molar-refractivity contribution in [3.05, 3.63) is 58.1 Å². The van der Waals surface area contributed by atoms with E-state index in [1.165, 1.54) is 0 Å². The Kier molecular flexibility index (Phi) is 5.35. The third-order valence-electron chi connectivity index (χ3n) is 4.43. The standard InChI is InChI=1S/C19H25NO3S/c1-12-7-8-13(2)17(11-12)16(5)20-24(21,22)19-10-9-18(23-6)14(3)15(19)4/h7-11,16,20H,1-6H3/t16-/m1/s1. The van der Waals surface area contributed by atoms with E-state index in [1.54, 1.807) is 26.2 Å². The Morgan fingerprint density at radius 2 is 1.67 bits per heavy atom. The first kappa shape index (κ1) is 18.5. The van der Waals surface area contributed by atoms with Gasteiger partial charge >= 0.3 is 0 Å². The molecule has 0 spiro atoms. The quantitative estimate of drug-likeness (QED) is 0.890. The Morgan fingerprint density at radius 1 is 1.00 bits per heavy atom. The second-order valence-electron chi connectivity index (χ2n) is 6.22. The summed E-state index contributed by atoms with van der Waals surface area (Å²) in [6.07, 6.45) is 0. The van der Waals surface area contributed by atoms with Gasteiger partial charge in [0.1, 0.15) is 5.75 Å². The van der Waals surface area contributed by atoms with E-state index in [9.17, 15) is 8.42 Å². The Balaban J connectivity index is 2.38. The van der Waals surface area contributed by atoms with Crippen molar-refractivity contribution in [1.82, 2.24) is 4.72 Å². The summed E-state index contributed by atoms with van der Waals surface area (Å²) in [6, 6.07) is 9.04. The number of hydrogen-bond donors (Lipinski definition) is 1. The predicted octanol–water partition coefficient (Wildman–Crippen LogP) is 3.97. The molecule has 0 unspecified atom stereocenters. The van der Waals surface area contributed by atoms with Gasteiger partial charge in [-0.3, -0.25) is 0 Å². The van der Waals surface area contributed by atoms with Crippen LogP contribution in [0.1, 0.15) is 40.8 Å². The van der Waals surface area contributed by atoms with Gasteiger partial charge in [-0.2, -0.15) is 0 Å². The summed E-state index contributed by atoms with van der Waals surface area (Å²) in [6.45, 7) is 9.52. The second-order valence-corrected chi connectivity index (χ2v) is 7.90. The van der Waals surface area contributed by atoms with Crippen LogP contribution in [0.25, 0.3) is 0 Å². The van der Waals surface area contributed by atoms with Gasteiger partial charge in [-0.25, -0.2) is 13.1 Å². The van der Waals surface area contributed by atoms with Crippen molar-refractivity contribution in [3.8, 4) is 5.75 Å². The van der Waals surface area contributed by atoms with Crippen LogP contribution in [0.2, 0.25) is 0 Å². The number of sulfonamides is 1. The molecule has 2 rings (SSSR count). The molecule has 0 aromatic heterocycles. The molecule has 5 heteroatoms. The van der Waals surface area contributed by atoms with Gasteiger partial charge in [-0.15, -0.1) is 0 Å². The zero-order valence-electron chi connectivity index (χ0n) is 15.1. The van der Waals surface area contributed by atoms with Gasteiger partial charge in [0.15, 0.2) is 0 Å². The minimum Gasteiger partial charge on any atom is -0.496 e. The molecular formula is C19H25NO3S. The van der Waals surface area contributed by atoms with E-state index in [4.69, 9.17) is 4.74 Å². The first-order chi connectivity index (χ1) is 11.2. The van der Waals surface area contributed by atoms with E-state index in [-0.39, 0.29) is 10.9 Å². The first-order valence-corrected chi connectivity index (χ1v) is 9.39. The molecule has 2 aromatic rings. The summed E-state index contributed by atoms with van der Waals surface area (Å²) in [4.78, 5) is 0.290. The first-order valence-electron chi connectivity index (χ1n) is 7.91. The third kappa shape index (κ3) is 3.62. The van der Waals surface area contributed by atoms with Crippen molar-refractivity contribution in [1.29, 1.82) is 0 Å². The molecule has 0 saturated carbocycles. The zero-order chi connectivity index (χ0) is 18.1. The summed E-state index contributed by atoms with van der Waals surface area (Å²) in [5, 5.41) is 0. The molecule has 0 radical (unpaired) electrons. The predicted molar refractivity (Wildman–Crippen MR) is 97.1 cm³/mol. The maximum atomic E-state index is 12.8. The lowest BCUT2D eigenvalue weighted by Gasteiger charge is -2.19. The number of methoxy groups -OCH3 is 1. The highest BCUT2D eigenvalue weighted by molar-refractivity contribution is 7.89. The molecule has 130 valence electrons. The molecule has 2 aromatic carbocycles. The van der Waals surface area contributed by atoms with Crippen molar-refractivity contribution in [2.45, 2.75) is 45.6 Å². The Hall–Kier alpha value is -1.85. The van der Waals surface area contributed by atoms with Crippen LogP contribution < -0.4 is 9.46 Å². The molecule has 1 atom stereocenters. The van der Waals surface area contributed by atoms with Crippen LogP contribution in [0.15, 0.2) is 35.2 Å². The van der Waals surface area contributed by atoms with Crippen LogP contribution in [-0.4, -0.2) is 15.5 Å². The number of hydrogen-bond acceptors (Lipinski definition) is 3. The zero-order valence-corrected chi connectivity index (χ0v) is 15.9. The molecule has 4 nitrogen and oxygen atoms in total. The fourth-order valence-electron chi connectivity index (χ4n) is 2.87. The maximum Gasteiger partial charge on any atom is 0.241 e. The fraction of sp³-hybridized carbons (Fsp3) is 0.368. The summed E-state index contributed by atoms with van der Waals surface area (Å²) < 4.78 is 33.7. The second kappa shape index (κ2) is 6.95. The number of nitrogens with one attached hydrogen (secondary N) is 1. The van der Waals surface area contributed by atoms with Gasteiger partial charge in [0.25, 0.3) is 0 Å². The molecule has 24 heavy (non-hydrogen) atoms. The fourth-order valence-corrected chi connectivity index (χ4v) is 4.39. The van der Waals surface area contributed by atoms with Gasteiger partial charge < -0.3 is 4.74 Å². The monoisotopic (exact) mass is 347 g/mol. The highest BCUT2D eigenvalue weighted by Gasteiger charge is 2.23. The lowest BCUT2D eigenvalue weighted by Crippen LogP contribution is -2.28. The van der Waals surface area contributed by atoms with E-state index in [2.05, 4.69) is 4.72 Å². The largest absolute Gasteiger partial charge is 0.496 e. The van der Waals surface area contributed by atoms with Crippen molar-refractivity contribution < 1.29 is 13.2 Å². The summed E-state index contributed by atoms with van der Waals surface area (Å²) in [5.41, 5.74) is 4.70. The van der Waals surface area contributed by atoms with Gasteiger partial charge in [-0.05, 0) is 69.0 Å². The van der Waals surface area contributed by atoms with E-state index in [1.807, 2.05) is 45.9 Å². The van der Waals surface area contributed by atoms with Gasteiger partial charge in [0, 0.05) is 6.04 Å². The SMILES string of the molecule is COc1ccc(S(=O)(=O)N[C@H](C)c2cc(C)ccc2C)c(C)c1C. The average molecular weight is 347 g/mol. The van der Waals surface area contributed by atoms with E-state index in [0.29, 0.717) is 11.3 Å². The summed E-state index contributed by atoms with van der Waals surface area (Å²) in [7, 11) is -2.04. The van der Waals surface area contributed by atoms with Crippen molar-refractivity contribution in [2.24, 2.45) is 0 Å². The molecule has 0 bridgehead atoms. The lowest BCUT2D eigenvalue weighted by molar-refractivity contribution is 0.410. The minimum atomic E-state index is -3.62. The Morgan fingerprint density at radius 3 is 2.29 bits per heavy atom. The molecule has 0 aliphatic heterocycles. The topological polar surface area (TPSA) is 55.4 Å². The average Bonchev–Trinajstić information content (AvgIpc) is 2.51. The Bertz CT molecular complexity index is 857. The molecule has 0 aliphatic rings. The van der Waals surface area contributed by atoms with Crippen molar-refractivity contribution in [2.75, 3.05) is 7.11 Å². The lowest BCUT2D eigenvalue weighted by atomic mass is 10.0. The molecular weight excluding hydrogens is 322 g/mol. The number of aryl methyl sites for hydroxylation is 2. The smallest absolute Gasteiger partial charge is 0.241 e. The third-order valence-corrected chi connectivity index (χ3v) is 6.12. The molecule has 0 amide bonds. The molecule has 0 saturated heterocycles. The van der Waals surface area contributed by atoms with Crippen molar-refractivity contribution >= 4 is 10.0 Å². The normalized spacial score (nSPS) is 12.9. The number of benzene rings is 2. The van der Waals surface area contributed by atoms with E-state index in [0.717, 1.165) is 22.3 Å². The van der Waals surface area contributed by atoms with Crippen LogP contribution in [-0.2, 0) is 10.0 Å². The number of ether oxygens (including phenoxy) is 1. The van der Waals surface area contributed by atoms with Crippen LogP contribution in [0, 0.1) is 27.7 Å². The summed E-state index contributed by atoms with van der Waals surface area (Å²) >= 11 is 0. The van der Waals surface area contributed by atoms with E-state index >= 15 is 0 Å².